The summed E-state index contributed by atoms with van der Waals surface area (Å²) in [7, 11) is 0. The van der Waals surface area contributed by atoms with Crippen LogP contribution < -0.4 is 0 Å². The Morgan fingerprint density at radius 1 is 1.32 bits per heavy atom. The minimum atomic E-state index is -1.17. The molecule has 1 aromatic carbocycles. The lowest BCUT2D eigenvalue weighted by Crippen LogP contribution is -2.27. The zero-order valence-corrected chi connectivity index (χ0v) is 11.5. The molecule has 1 N–H and O–H groups in total. The van der Waals surface area contributed by atoms with Crippen LogP contribution in [0.25, 0.3) is 0 Å². The summed E-state index contributed by atoms with van der Waals surface area (Å²) < 4.78 is 4.56. The summed E-state index contributed by atoms with van der Waals surface area (Å²) in [5.74, 6) is -1.04. The molecule has 104 valence electrons. The Labute approximate surface area is 117 Å². The number of halogens is 1. The van der Waals surface area contributed by atoms with E-state index in [1.165, 1.54) is 5.56 Å². The van der Waals surface area contributed by atoms with Crippen molar-refractivity contribution in [2.75, 3.05) is 0 Å². The van der Waals surface area contributed by atoms with E-state index in [-0.39, 0.29) is 12.3 Å². The number of rotatable bonds is 7. The van der Waals surface area contributed by atoms with Gasteiger partial charge in [0.05, 0.1) is 0 Å². The van der Waals surface area contributed by atoms with Gasteiger partial charge in [-0.25, -0.2) is 9.59 Å². The third-order valence-electron chi connectivity index (χ3n) is 2.90. The Balaban J connectivity index is 2.42. The van der Waals surface area contributed by atoms with Crippen molar-refractivity contribution in [2.45, 2.75) is 32.3 Å². The second-order valence-corrected chi connectivity index (χ2v) is 4.86. The Bertz CT molecular complexity index is 419. The zero-order valence-electron chi connectivity index (χ0n) is 10.7. The number of ether oxygens (including phenoxy) is 1. The maximum atomic E-state index is 10.9. The van der Waals surface area contributed by atoms with Crippen LogP contribution in [0.3, 0.4) is 0 Å². The largest absolute Gasteiger partial charge is 0.479 e. The molecule has 2 atom stereocenters. The molecule has 0 aliphatic carbocycles. The van der Waals surface area contributed by atoms with E-state index >= 15 is 0 Å². The molecule has 0 fully saturated rings. The molecule has 5 heteroatoms. The molecular weight excluding hydrogens is 268 g/mol. The van der Waals surface area contributed by atoms with Gasteiger partial charge in [0.25, 0.3) is 0 Å². The summed E-state index contributed by atoms with van der Waals surface area (Å²) in [6, 6.07) is 9.94. The van der Waals surface area contributed by atoms with Gasteiger partial charge < -0.3 is 9.84 Å². The van der Waals surface area contributed by atoms with Gasteiger partial charge in [0.2, 0.25) is 0 Å². The highest BCUT2D eigenvalue weighted by atomic mass is 35.5. The van der Waals surface area contributed by atoms with Crippen molar-refractivity contribution >= 4 is 23.0 Å². The van der Waals surface area contributed by atoms with Gasteiger partial charge in [-0.05, 0) is 30.7 Å². The molecule has 0 aromatic heterocycles. The number of benzene rings is 1. The van der Waals surface area contributed by atoms with Gasteiger partial charge in [-0.2, -0.15) is 0 Å². The number of hydrogen-bond acceptors (Lipinski definition) is 3. The first kappa shape index (κ1) is 15.5. The van der Waals surface area contributed by atoms with Gasteiger partial charge in [0.15, 0.2) is 6.10 Å². The minimum Gasteiger partial charge on any atom is -0.479 e. The number of carbonyl (C=O) groups is 2. The van der Waals surface area contributed by atoms with Gasteiger partial charge in [-0.1, -0.05) is 37.3 Å². The standard InChI is InChI=1S/C14H17ClO4/c1-10(7-8-11-5-3-2-4-6-11)9-12(13(16)17)19-14(15)18/h2-6,10,12H,7-9H2,1H3,(H,16,17)/t10?,12-/m0/s1. The third kappa shape index (κ3) is 6.25. The van der Waals surface area contributed by atoms with Crippen molar-refractivity contribution in [3.8, 4) is 0 Å². The normalized spacial score (nSPS) is 13.6. The fraction of sp³-hybridized carbons (Fsp3) is 0.429. The summed E-state index contributed by atoms with van der Waals surface area (Å²) in [6.07, 6.45) is 0.785. The van der Waals surface area contributed by atoms with Crippen LogP contribution in [0.1, 0.15) is 25.3 Å². The first-order valence-electron chi connectivity index (χ1n) is 6.12. The van der Waals surface area contributed by atoms with Gasteiger partial charge in [0.1, 0.15) is 0 Å². The van der Waals surface area contributed by atoms with Crippen LogP contribution in [0.15, 0.2) is 30.3 Å². The summed E-state index contributed by atoms with van der Waals surface area (Å²) in [6.45, 7) is 1.93. The Morgan fingerprint density at radius 2 is 1.95 bits per heavy atom. The highest BCUT2D eigenvalue weighted by Crippen LogP contribution is 2.17. The van der Waals surface area contributed by atoms with Gasteiger partial charge >= 0.3 is 11.4 Å². The van der Waals surface area contributed by atoms with Crippen LogP contribution in [0, 0.1) is 5.92 Å². The van der Waals surface area contributed by atoms with E-state index in [4.69, 9.17) is 16.7 Å². The molecule has 0 saturated carbocycles. The van der Waals surface area contributed by atoms with Gasteiger partial charge in [-0.15, -0.1) is 0 Å². The molecule has 0 saturated heterocycles. The van der Waals surface area contributed by atoms with E-state index in [2.05, 4.69) is 4.74 Å². The molecule has 0 spiro atoms. The molecule has 19 heavy (non-hydrogen) atoms. The van der Waals surface area contributed by atoms with Crippen LogP contribution in [0.5, 0.6) is 0 Å². The Kier molecular flexibility index (Phi) is 6.36. The van der Waals surface area contributed by atoms with Crippen LogP contribution in [-0.2, 0) is 16.0 Å². The van der Waals surface area contributed by atoms with E-state index in [0.29, 0.717) is 0 Å². The Hall–Kier alpha value is -1.55. The second-order valence-electron chi connectivity index (χ2n) is 4.55. The van der Waals surface area contributed by atoms with Crippen molar-refractivity contribution in [3.63, 3.8) is 0 Å². The van der Waals surface area contributed by atoms with Crippen molar-refractivity contribution in [1.29, 1.82) is 0 Å². The summed E-state index contributed by atoms with van der Waals surface area (Å²) in [4.78, 5) is 21.5. The monoisotopic (exact) mass is 284 g/mol. The Morgan fingerprint density at radius 3 is 2.47 bits per heavy atom. The summed E-state index contributed by atoms with van der Waals surface area (Å²) >= 11 is 5.05. The molecule has 0 radical (unpaired) electrons. The predicted octanol–water partition coefficient (Wildman–Crippen LogP) is 3.47. The van der Waals surface area contributed by atoms with Crippen molar-refractivity contribution < 1.29 is 19.4 Å². The maximum absolute atomic E-state index is 10.9. The van der Waals surface area contributed by atoms with Crippen molar-refractivity contribution in [2.24, 2.45) is 5.92 Å². The highest BCUT2D eigenvalue weighted by molar-refractivity contribution is 6.61. The number of aryl methyl sites for hydroxylation is 1. The fourth-order valence-corrected chi connectivity index (χ4v) is 1.96. The fourth-order valence-electron chi connectivity index (χ4n) is 1.85. The number of carboxylic acids is 1. The summed E-state index contributed by atoms with van der Waals surface area (Å²) in [5, 5.41) is 8.92. The van der Waals surface area contributed by atoms with E-state index < -0.39 is 17.5 Å². The van der Waals surface area contributed by atoms with E-state index in [1.807, 2.05) is 37.3 Å². The van der Waals surface area contributed by atoms with E-state index in [1.54, 1.807) is 0 Å². The highest BCUT2D eigenvalue weighted by Gasteiger charge is 2.23. The topological polar surface area (TPSA) is 63.6 Å². The number of aliphatic carboxylic acids is 1. The number of carboxylic acid groups (broad SMARTS) is 1. The molecular formula is C14H17ClO4. The zero-order chi connectivity index (χ0) is 14.3. The molecule has 1 aromatic rings. The summed E-state index contributed by atoms with van der Waals surface area (Å²) in [5.41, 5.74) is 0.123. The average molecular weight is 285 g/mol. The molecule has 4 nitrogen and oxygen atoms in total. The van der Waals surface area contributed by atoms with Crippen molar-refractivity contribution in [1.82, 2.24) is 0 Å². The smallest absolute Gasteiger partial charge is 0.404 e. The molecule has 0 amide bonds. The lowest BCUT2D eigenvalue weighted by Gasteiger charge is -2.16. The molecule has 0 heterocycles. The number of carbonyl (C=O) groups excluding carboxylic acids is 1. The molecule has 0 aliphatic heterocycles. The second kappa shape index (κ2) is 7.79. The molecule has 0 bridgehead atoms. The lowest BCUT2D eigenvalue weighted by atomic mass is 9.96. The van der Waals surface area contributed by atoms with Crippen LogP contribution in [0.2, 0.25) is 0 Å². The lowest BCUT2D eigenvalue weighted by molar-refractivity contribution is -0.147. The van der Waals surface area contributed by atoms with Crippen LogP contribution in [-0.4, -0.2) is 22.6 Å². The van der Waals surface area contributed by atoms with Crippen molar-refractivity contribution in [3.05, 3.63) is 35.9 Å². The third-order valence-corrected chi connectivity index (χ3v) is 2.98. The average Bonchev–Trinajstić information content (AvgIpc) is 2.36. The first-order chi connectivity index (χ1) is 8.99. The minimum absolute atomic E-state index is 0.123. The van der Waals surface area contributed by atoms with Gasteiger partial charge in [-0.3, -0.25) is 0 Å². The van der Waals surface area contributed by atoms with E-state index in [9.17, 15) is 9.59 Å². The maximum Gasteiger partial charge on any atom is 0.404 e. The quantitative estimate of drug-likeness (QED) is 0.779. The number of hydrogen-bond donors (Lipinski definition) is 1. The predicted molar refractivity (Wildman–Crippen MR) is 72.3 cm³/mol. The van der Waals surface area contributed by atoms with E-state index in [0.717, 1.165) is 12.8 Å². The molecule has 0 aliphatic rings. The van der Waals surface area contributed by atoms with Gasteiger partial charge in [0, 0.05) is 11.6 Å². The SMILES string of the molecule is CC(CCc1ccccc1)C[C@H](OC(=O)Cl)C(=O)O. The molecule has 1 unspecified atom stereocenters. The van der Waals surface area contributed by atoms with Crippen LogP contribution >= 0.6 is 11.6 Å². The van der Waals surface area contributed by atoms with Crippen LogP contribution in [0.4, 0.5) is 4.79 Å². The molecule has 1 rings (SSSR count). The first-order valence-corrected chi connectivity index (χ1v) is 6.49.